The zero-order valence-electron chi connectivity index (χ0n) is 14.1. The SMILES string of the molecule is CCC(C)(C)Nc1c(-c2ccccc2O)nc2c(C)cccn12. The number of aromatic nitrogens is 2. The van der Waals surface area contributed by atoms with Crippen molar-refractivity contribution in [2.45, 2.75) is 39.7 Å². The minimum Gasteiger partial charge on any atom is -0.507 e. The highest BCUT2D eigenvalue weighted by Crippen LogP contribution is 2.36. The van der Waals surface area contributed by atoms with Crippen molar-refractivity contribution in [3.05, 3.63) is 48.2 Å². The van der Waals surface area contributed by atoms with Gasteiger partial charge in [-0.05, 0) is 51.0 Å². The highest BCUT2D eigenvalue weighted by molar-refractivity contribution is 5.81. The minimum atomic E-state index is -0.0706. The molecule has 120 valence electrons. The van der Waals surface area contributed by atoms with E-state index in [0.717, 1.165) is 34.7 Å². The molecule has 0 saturated carbocycles. The normalized spacial score (nSPS) is 11.8. The first-order valence-electron chi connectivity index (χ1n) is 7.97. The molecule has 0 amide bonds. The number of pyridine rings is 1. The lowest BCUT2D eigenvalue weighted by Crippen LogP contribution is -2.30. The Morgan fingerprint density at radius 3 is 2.61 bits per heavy atom. The Balaban J connectivity index is 2.28. The number of hydrogen-bond donors (Lipinski definition) is 2. The fourth-order valence-corrected chi connectivity index (χ4v) is 2.59. The van der Waals surface area contributed by atoms with Gasteiger partial charge in [-0.25, -0.2) is 4.98 Å². The first kappa shape index (κ1) is 15.4. The lowest BCUT2D eigenvalue weighted by molar-refractivity contribution is 0.477. The summed E-state index contributed by atoms with van der Waals surface area (Å²) in [4.78, 5) is 4.80. The molecular formula is C19H23N3O. The van der Waals surface area contributed by atoms with E-state index in [4.69, 9.17) is 4.98 Å². The number of phenols is 1. The van der Waals surface area contributed by atoms with Crippen molar-refractivity contribution in [3.63, 3.8) is 0 Å². The molecule has 2 heterocycles. The molecule has 0 radical (unpaired) electrons. The predicted molar refractivity (Wildman–Crippen MR) is 95.0 cm³/mol. The molecule has 0 spiro atoms. The zero-order chi connectivity index (χ0) is 16.6. The average Bonchev–Trinajstić information content (AvgIpc) is 2.87. The van der Waals surface area contributed by atoms with E-state index in [1.54, 1.807) is 6.07 Å². The number of imidazole rings is 1. The average molecular weight is 309 g/mol. The van der Waals surface area contributed by atoms with E-state index in [-0.39, 0.29) is 11.3 Å². The Labute approximate surface area is 136 Å². The fourth-order valence-electron chi connectivity index (χ4n) is 2.59. The second kappa shape index (κ2) is 5.61. The summed E-state index contributed by atoms with van der Waals surface area (Å²) in [6.07, 6.45) is 2.99. The van der Waals surface area contributed by atoms with E-state index in [1.165, 1.54) is 0 Å². The number of anilines is 1. The Bertz CT molecular complexity index is 849. The van der Waals surface area contributed by atoms with Crippen LogP contribution in [0.4, 0.5) is 5.82 Å². The largest absolute Gasteiger partial charge is 0.507 e. The molecule has 1 aromatic carbocycles. The van der Waals surface area contributed by atoms with Crippen molar-refractivity contribution >= 4 is 11.5 Å². The van der Waals surface area contributed by atoms with E-state index in [0.29, 0.717) is 0 Å². The first-order chi connectivity index (χ1) is 10.9. The van der Waals surface area contributed by atoms with Crippen LogP contribution in [0.2, 0.25) is 0 Å². The van der Waals surface area contributed by atoms with Gasteiger partial charge in [0.1, 0.15) is 22.9 Å². The fraction of sp³-hybridized carbons (Fsp3) is 0.316. The second-order valence-electron chi connectivity index (χ2n) is 6.57. The smallest absolute Gasteiger partial charge is 0.142 e. The number of nitrogens with zero attached hydrogens (tertiary/aromatic N) is 2. The van der Waals surface area contributed by atoms with Crippen molar-refractivity contribution in [1.82, 2.24) is 9.38 Å². The minimum absolute atomic E-state index is 0.0706. The summed E-state index contributed by atoms with van der Waals surface area (Å²) < 4.78 is 2.06. The summed E-state index contributed by atoms with van der Waals surface area (Å²) in [6, 6.07) is 11.4. The first-order valence-corrected chi connectivity index (χ1v) is 7.97. The van der Waals surface area contributed by atoms with E-state index >= 15 is 0 Å². The molecule has 0 bridgehead atoms. The third kappa shape index (κ3) is 2.77. The monoisotopic (exact) mass is 309 g/mol. The molecule has 0 saturated heterocycles. The number of aryl methyl sites for hydroxylation is 1. The quantitative estimate of drug-likeness (QED) is 0.739. The highest BCUT2D eigenvalue weighted by atomic mass is 16.3. The number of para-hydroxylation sites is 1. The van der Waals surface area contributed by atoms with Gasteiger partial charge in [0, 0.05) is 17.3 Å². The summed E-state index contributed by atoms with van der Waals surface area (Å²) in [7, 11) is 0. The maximum atomic E-state index is 10.3. The molecule has 0 aliphatic carbocycles. The molecule has 0 atom stereocenters. The molecule has 3 rings (SSSR count). The van der Waals surface area contributed by atoms with Gasteiger partial charge in [-0.15, -0.1) is 0 Å². The van der Waals surface area contributed by atoms with Gasteiger partial charge in [0.05, 0.1) is 0 Å². The van der Waals surface area contributed by atoms with E-state index in [9.17, 15) is 5.11 Å². The zero-order valence-corrected chi connectivity index (χ0v) is 14.1. The highest BCUT2D eigenvalue weighted by Gasteiger charge is 2.23. The number of benzene rings is 1. The summed E-state index contributed by atoms with van der Waals surface area (Å²) in [5.41, 5.74) is 3.45. The van der Waals surface area contributed by atoms with Gasteiger partial charge in [-0.2, -0.15) is 0 Å². The number of hydrogen-bond acceptors (Lipinski definition) is 3. The Hall–Kier alpha value is -2.49. The molecule has 0 aliphatic heterocycles. The van der Waals surface area contributed by atoms with Crippen molar-refractivity contribution in [1.29, 1.82) is 0 Å². The molecule has 23 heavy (non-hydrogen) atoms. The molecule has 0 aliphatic rings. The third-order valence-electron chi connectivity index (χ3n) is 4.35. The van der Waals surface area contributed by atoms with Crippen LogP contribution in [0, 0.1) is 6.92 Å². The van der Waals surface area contributed by atoms with E-state index < -0.39 is 0 Å². The Kier molecular flexibility index (Phi) is 3.76. The van der Waals surface area contributed by atoms with Crippen molar-refractivity contribution in [2.24, 2.45) is 0 Å². The molecule has 2 aromatic heterocycles. The van der Waals surface area contributed by atoms with Crippen LogP contribution < -0.4 is 5.32 Å². The molecule has 3 aromatic rings. The molecule has 2 N–H and O–H groups in total. The molecular weight excluding hydrogens is 286 g/mol. The van der Waals surface area contributed by atoms with Crippen LogP contribution in [-0.4, -0.2) is 20.0 Å². The van der Waals surface area contributed by atoms with Gasteiger partial charge in [0.2, 0.25) is 0 Å². The van der Waals surface area contributed by atoms with Gasteiger partial charge in [0.25, 0.3) is 0 Å². The second-order valence-corrected chi connectivity index (χ2v) is 6.57. The maximum Gasteiger partial charge on any atom is 0.142 e. The van der Waals surface area contributed by atoms with Gasteiger partial charge in [-0.1, -0.05) is 25.1 Å². The third-order valence-corrected chi connectivity index (χ3v) is 4.35. The molecule has 0 fully saturated rings. The molecule has 0 unspecified atom stereocenters. The summed E-state index contributed by atoms with van der Waals surface area (Å²) in [6.45, 7) is 8.53. The number of rotatable bonds is 4. The van der Waals surface area contributed by atoms with Gasteiger partial charge in [0.15, 0.2) is 0 Å². The number of aromatic hydroxyl groups is 1. The molecule has 4 heteroatoms. The summed E-state index contributed by atoms with van der Waals surface area (Å²) >= 11 is 0. The van der Waals surface area contributed by atoms with Crippen LogP contribution in [0.5, 0.6) is 5.75 Å². The van der Waals surface area contributed by atoms with E-state index in [1.807, 2.05) is 43.5 Å². The maximum absolute atomic E-state index is 10.3. The summed E-state index contributed by atoms with van der Waals surface area (Å²) in [5.74, 6) is 1.16. The summed E-state index contributed by atoms with van der Waals surface area (Å²) in [5, 5.41) is 13.9. The van der Waals surface area contributed by atoms with Crippen molar-refractivity contribution < 1.29 is 5.11 Å². The van der Waals surface area contributed by atoms with Crippen LogP contribution in [0.1, 0.15) is 32.8 Å². The topological polar surface area (TPSA) is 49.6 Å². The Morgan fingerprint density at radius 1 is 1.17 bits per heavy atom. The van der Waals surface area contributed by atoms with Crippen molar-refractivity contribution in [3.8, 4) is 17.0 Å². The Morgan fingerprint density at radius 2 is 1.91 bits per heavy atom. The van der Waals surface area contributed by atoms with E-state index in [2.05, 4.69) is 30.5 Å². The van der Waals surface area contributed by atoms with Crippen LogP contribution in [-0.2, 0) is 0 Å². The van der Waals surface area contributed by atoms with Gasteiger partial charge in [-0.3, -0.25) is 4.40 Å². The van der Waals surface area contributed by atoms with Gasteiger partial charge >= 0.3 is 0 Å². The van der Waals surface area contributed by atoms with Gasteiger partial charge < -0.3 is 10.4 Å². The van der Waals surface area contributed by atoms with Crippen LogP contribution in [0.15, 0.2) is 42.6 Å². The molecule has 4 nitrogen and oxygen atoms in total. The number of phenolic OH excluding ortho intramolecular Hbond substituents is 1. The number of nitrogens with one attached hydrogen (secondary N) is 1. The predicted octanol–water partition coefficient (Wildman–Crippen LogP) is 4.62. The lowest BCUT2D eigenvalue weighted by atomic mass is 10.0. The lowest BCUT2D eigenvalue weighted by Gasteiger charge is -2.26. The standard InChI is InChI=1S/C19H23N3O/c1-5-19(3,4)21-18-16(14-10-6-7-11-15(14)23)20-17-13(2)9-8-12-22(17)18/h6-12,21,23H,5H2,1-4H3. The van der Waals surface area contributed by atoms with Crippen LogP contribution >= 0.6 is 0 Å². The van der Waals surface area contributed by atoms with Crippen molar-refractivity contribution in [2.75, 3.05) is 5.32 Å². The van der Waals surface area contributed by atoms with Crippen LogP contribution in [0.25, 0.3) is 16.9 Å². The number of fused-ring (bicyclic) bond motifs is 1. The van der Waals surface area contributed by atoms with Crippen LogP contribution in [0.3, 0.4) is 0 Å².